The average molecular weight is 333 g/mol. The maximum Gasteiger partial charge on any atom is -0.00203 e. The fraction of sp³-hybridized carbons (Fsp3) is 0. The van der Waals surface area contributed by atoms with Crippen LogP contribution in [0, 0.1) is 0 Å². The van der Waals surface area contributed by atoms with E-state index in [0.29, 0.717) is 0 Å². The minimum atomic E-state index is 0. The largest absolute Gasteiger partial charge is 0.114 e. The standard InChI is InChI=1S/C20H12.BrH/c1-2-8-16-15(7-1)17-9-3-5-13-11-12-14-6-4-10-18(16)20(14)19(13)17;/h1-12H;1H. The minimum Gasteiger partial charge on any atom is -0.114 e. The van der Waals surface area contributed by atoms with Gasteiger partial charge in [-0.15, -0.1) is 17.0 Å². The molecule has 0 unspecified atom stereocenters. The Balaban J connectivity index is 0.00000115. The number of rotatable bonds is 0. The van der Waals surface area contributed by atoms with Gasteiger partial charge in [-0.05, 0) is 43.1 Å². The van der Waals surface area contributed by atoms with Crippen molar-refractivity contribution in [2.75, 3.05) is 0 Å². The summed E-state index contributed by atoms with van der Waals surface area (Å²) in [5.74, 6) is 0. The zero-order valence-corrected chi connectivity index (χ0v) is 13.0. The summed E-state index contributed by atoms with van der Waals surface area (Å²) in [6.45, 7) is 0. The van der Waals surface area contributed by atoms with Gasteiger partial charge in [0.15, 0.2) is 0 Å². The summed E-state index contributed by atoms with van der Waals surface area (Å²) in [5, 5.41) is 10.9. The summed E-state index contributed by atoms with van der Waals surface area (Å²) in [7, 11) is 0. The van der Waals surface area contributed by atoms with Crippen LogP contribution in [-0.2, 0) is 0 Å². The van der Waals surface area contributed by atoms with Crippen molar-refractivity contribution in [2.24, 2.45) is 0 Å². The minimum absolute atomic E-state index is 0. The Kier molecular flexibility index (Phi) is 2.66. The first-order valence-electron chi connectivity index (χ1n) is 6.98. The number of hydrogen-bond donors (Lipinski definition) is 0. The molecule has 0 radical (unpaired) electrons. The summed E-state index contributed by atoms with van der Waals surface area (Å²) in [6.07, 6.45) is 0. The number of halogens is 1. The van der Waals surface area contributed by atoms with Crippen LogP contribution < -0.4 is 0 Å². The van der Waals surface area contributed by atoms with Crippen LogP contribution >= 0.6 is 17.0 Å². The van der Waals surface area contributed by atoms with Crippen molar-refractivity contribution in [1.29, 1.82) is 0 Å². The summed E-state index contributed by atoms with van der Waals surface area (Å²) in [5.41, 5.74) is 0. The second kappa shape index (κ2) is 4.44. The lowest BCUT2D eigenvalue weighted by atomic mass is 9.89. The Morgan fingerprint density at radius 1 is 0.381 bits per heavy atom. The van der Waals surface area contributed by atoms with Crippen LogP contribution in [0.25, 0.3) is 43.1 Å². The van der Waals surface area contributed by atoms with Gasteiger partial charge in [0.2, 0.25) is 0 Å². The molecule has 0 amide bonds. The summed E-state index contributed by atoms with van der Waals surface area (Å²) < 4.78 is 0. The number of fused-ring (bicyclic) bond motifs is 3. The van der Waals surface area contributed by atoms with Crippen molar-refractivity contribution in [1.82, 2.24) is 0 Å². The second-order valence-corrected chi connectivity index (χ2v) is 5.42. The van der Waals surface area contributed by atoms with Gasteiger partial charge in [0.25, 0.3) is 0 Å². The van der Waals surface area contributed by atoms with E-state index in [1.54, 1.807) is 0 Å². The molecule has 0 saturated carbocycles. The molecule has 21 heavy (non-hydrogen) atoms. The van der Waals surface area contributed by atoms with Gasteiger partial charge in [0, 0.05) is 0 Å². The molecule has 0 bridgehead atoms. The third-order valence-corrected chi connectivity index (χ3v) is 4.39. The summed E-state index contributed by atoms with van der Waals surface area (Å²) in [6, 6.07) is 26.4. The molecule has 5 aromatic carbocycles. The maximum absolute atomic E-state index is 2.25. The smallest absolute Gasteiger partial charge is 0.00203 e. The molecule has 0 aliphatic rings. The highest BCUT2D eigenvalue weighted by molar-refractivity contribution is 8.93. The first-order valence-corrected chi connectivity index (χ1v) is 6.98. The summed E-state index contributed by atoms with van der Waals surface area (Å²) in [4.78, 5) is 0. The molecule has 0 aliphatic carbocycles. The van der Waals surface area contributed by atoms with Gasteiger partial charge in [-0.25, -0.2) is 0 Å². The fourth-order valence-electron chi connectivity index (χ4n) is 3.56. The molecule has 0 saturated heterocycles. The molecule has 0 nitrogen and oxygen atoms in total. The van der Waals surface area contributed by atoms with Gasteiger partial charge in [0.05, 0.1) is 0 Å². The predicted octanol–water partition coefficient (Wildman–Crippen LogP) is 6.32. The first kappa shape index (κ1) is 12.6. The van der Waals surface area contributed by atoms with Crippen molar-refractivity contribution in [3.8, 4) is 0 Å². The van der Waals surface area contributed by atoms with Gasteiger partial charge >= 0.3 is 0 Å². The van der Waals surface area contributed by atoms with Crippen LogP contribution in [0.3, 0.4) is 0 Å². The van der Waals surface area contributed by atoms with Gasteiger partial charge in [-0.2, -0.15) is 0 Å². The fourth-order valence-corrected chi connectivity index (χ4v) is 3.56. The Morgan fingerprint density at radius 2 is 0.810 bits per heavy atom. The van der Waals surface area contributed by atoms with Crippen LogP contribution in [0.4, 0.5) is 0 Å². The molecule has 0 heterocycles. The number of hydrogen-bond acceptors (Lipinski definition) is 0. The van der Waals surface area contributed by atoms with Gasteiger partial charge in [-0.1, -0.05) is 72.8 Å². The first-order chi connectivity index (χ1) is 9.93. The lowest BCUT2D eigenvalue weighted by Crippen LogP contribution is -1.86. The highest BCUT2D eigenvalue weighted by atomic mass is 79.9. The Hall–Kier alpha value is -2.12. The lowest BCUT2D eigenvalue weighted by molar-refractivity contribution is 1.78. The van der Waals surface area contributed by atoms with E-state index in [1.807, 2.05) is 0 Å². The molecule has 5 aromatic rings. The Labute approximate surface area is 133 Å². The summed E-state index contributed by atoms with van der Waals surface area (Å²) >= 11 is 0. The average Bonchev–Trinajstić information content (AvgIpc) is 2.53. The van der Waals surface area contributed by atoms with Gasteiger partial charge < -0.3 is 0 Å². The van der Waals surface area contributed by atoms with Crippen LogP contribution in [0.1, 0.15) is 0 Å². The van der Waals surface area contributed by atoms with Crippen molar-refractivity contribution in [3.63, 3.8) is 0 Å². The van der Waals surface area contributed by atoms with Crippen LogP contribution in [0.5, 0.6) is 0 Å². The maximum atomic E-state index is 2.25. The van der Waals surface area contributed by atoms with Crippen molar-refractivity contribution in [2.45, 2.75) is 0 Å². The van der Waals surface area contributed by atoms with E-state index < -0.39 is 0 Å². The van der Waals surface area contributed by atoms with E-state index in [1.165, 1.54) is 43.1 Å². The van der Waals surface area contributed by atoms with Crippen LogP contribution in [0.2, 0.25) is 0 Å². The van der Waals surface area contributed by atoms with Crippen molar-refractivity contribution in [3.05, 3.63) is 72.8 Å². The molecule has 0 aromatic heterocycles. The molecule has 0 spiro atoms. The lowest BCUT2D eigenvalue weighted by Gasteiger charge is -2.14. The highest BCUT2D eigenvalue weighted by Crippen LogP contribution is 2.40. The third kappa shape index (κ3) is 1.55. The van der Waals surface area contributed by atoms with Gasteiger partial charge in [0.1, 0.15) is 0 Å². The Bertz CT molecular complexity index is 1000. The van der Waals surface area contributed by atoms with E-state index in [-0.39, 0.29) is 17.0 Å². The highest BCUT2D eigenvalue weighted by Gasteiger charge is 2.11. The van der Waals surface area contributed by atoms with E-state index in [9.17, 15) is 0 Å². The zero-order chi connectivity index (χ0) is 13.1. The molecule has 0 atom stereocenters. The van der Waals surface area contributed by atoms with Crippen molar-refractivity contribution < 1.29 is 0 Å². The SMILES string of the molecule is Br.c1ccc2c(c1)c1cccc3ccc4cccc2c4c31. The molecule has 0 N–H and O–H groups in total. The zero-order valence-electron chi connectivity index (χ0n) is 11.3. The molecule has 5 rings (SSSR count). The van der Waals surface area contributed by atoms with E-state index in [2.05, 4.69) is 72.8 Å². The molecule has 0 aliphatic heterocycles. The van der Waals surface area contributed by atoms with Gasteiger partial charge in [-0.3, -0.25) is 0 Å². The Morgan fingerprint density at radius 3 is 1.29 bits per heavy atom. The van der Waals surface area contributed by atoms with E-state index >= 15 is 0 Å². The predicted molar refractivity (Wildman–Crippen MR) is 98.0 cm³/mol. The molecule has 100 valence electrons. The van der Waals surface area contributed by atoms with Crippen LogP contribution in [0.15, 0.2) is 72.8 Å². The molecule has 0 fully saturated rings. The second-order valence-electron chi connectivity index (χ2n) is 5.42. The molecule has 1 heteroatoms. The molecular formula is C20H13Br. The van der Waals surface area contributed by atoms with E-state index in [4.69, 9.17) is 0 Å². The normalized spacial score (nSPS) is 11.4. The third-order valence-electron chi connectivity index (χ3n) is 4.39. The monoisotopic (exact) mass is 332 g/mol. The topological polar surface area (TPSA) is 0 Å². The number of benzene rings is 5. The molecular weight excluding hydrogens is 320 g/mol. The van der Waals surface area contributed by atoms with Crippen molar-refractivity contribution >= 4 is 60.1 Å². The van der Waals surface area contributed by atoms with Crippen LogP contribution in [-0.4, -0.2) is 0 Å². The van der Waals surface area contributed by atoms with E-state index in [0.717, 1.165) is 0 Å². The quantitative estimate of drug-likeness (QED) is 0.230.